The van der Waals surface area contributed by atoms with E-state index in [1.54, 1.807) is 0 Å². The first-order chi connectivity index (χ1) is 9.45. The van der Waals surface area contributed by atoms with Crippen molar-refractivity contribution in [3.63, 3.8) is 0 Å². The van der Waals surface area contributed by atoms with Gasteiger partial charge in [-0.2, -0.15) is 0 Å². The van der Waals surface area contributed by atoms with Crippen LogP contribution < -0.4 is 0 Å². The molecule has 0 aliphatic carbocycles. The van der Waals surface area contributed by atoms with Crippen LogP contribution in [0.4, 0.5) is 13.2 Å². The summed E-state index contributed by atoms with van der Waals surface area (Å²) in [6.45, 7) is 0. The first-order valence-corrected chi connectivity index (χ1v) is 5.32. The van der Waals surface area contributed by atoms with Crippen molar-refractivity contribution < 1.29 is 31.9 Å². The lowest BCUT2D eigenvalue weighted by atomic mass is 10.1. The SMILES string of the molecule is COC(=O)c1ccc(C(=O)c2ccc(F)c(F)c2F)o1. The fraction of sp³-hybridized carbons (Fsp3) is 0.0769. The van der Waals surface area contributed by atoms with Gasteiger partial charge in [-0.3, -0.25) is 4.79 Å². The quantitative estimate of drug-likeness (QED) is 0.494. The molecule has 0 aliphatic heterocycles. The first kappa shape index (κ1) is 13.9. The van der Waals surface area contributed by atoms with E-state index in [0.717, 1.165) is 25.3 Å². The third-order valence-electron chi connectivity index (χ3n) is 2.50. The molecule has 0 fully saturated rings. The highest BCUT2D eigenvalue weighted by Gasteiger charge is 2.23. The molecule has 1 aromatic carbocycles. The third-order valence-corrected chi connectivity index (χ3v) is 2.50. The minimum Gasteiger partial charge on any atom is -0.463 e. The molecule has 0 bridgehead atoms. The summed E-state index contributed by atoms with van der Waals surface area (Å²) in [7, 11) is 1.11. The zero-order valence-electron chi connectivity index (χ0n) is 10.1. The molecule has 2 rings (SSSR count). The van der Waals surface area contributed by atoms with Gasteiger partial charge in [0.15, 0.2) is 23.2 Å². The van der Waals surface area contributed by atoms with Gasteiger partial charge in [-0.25, -0.2) is 18.0 Å². The van der Waals surface area contributed by atoms with Crippen molar-refractivity contribution in [2.45, 2.75) is 0 Å². The number of carbonyl (C=O) groups is 2. The van der Waals surface area contributed by atoms with Crippen LogP contribution in [0, 0.1) is 17.5 Å². The van der Waals surface area contributed by atoms with Crippen LogP contribution >= 0.6 is 0 Å². The Balaban J connectivity index is 2.39. The summed E-state index contributed by atoms with van der Waals surface area (Å²) in [5.41, 5.74) is -0.699. The van der Waals surface area contributed by atoms with Gasteiger partial charge in [0.1, 0.15) is 0 Å². The van der Waals surface area contributed by atoms with Gasteiger partial charge in [0.2, 0.25) is 11.5 Å². The summed E-state index contributed by atoms with van der Waals surface area (Å²) in [4.78, 5) is 23.0. The smallest absolute Gasteiger partial charge is 0.373 e. The van der Waals surface area contributed by atoms with Crippen molar-refractivity contribution in [2.24, 2.45) is 0 Å². The summed E-state index contributed by atoms with van der Waals surface area (Å²) in [5, 5.41) is 0. The number of ether oxygens (including phenoxy) is 1. The van der Waals surface area contributed by atoms with E-state index in [9.17, 15) is 22.8 Å². The minimum atomic E-state index is -1.75. The van der Waals surface area contributed by atoms with Crippen molar-refractivity contribution in [3.8, 4) is 0 Å². The Morgan fingerprint density at radius 3 is 2.30 bits per heavy atom. The van der Waals surface area contributed by atoms with E-state index in [-0.39, 0.29) is 5.76 Å². The second kappa shape index (κ2) is 5.20. The van der Waals surface area contributed by atoms with Crippen LogP contribution in [0.3, 0.4) is 0 Å². The van der Waals surface area contributed by atoms with Crippen LogP contribution in [-0.2, 0) is 4.74 Å². The minimum absolute atomic E-state index is 0.265. The van der Waals surface area contributed by atoms with E-state index in [1.165, 1.54) is 0 Å². The number of hydrogen-bond donors (Lipinski definition) is 0. The average Bonchev–Trinajstić information content (AvgIpc) is 2.93. The molecular formula is C13H7F3O4. The molecule has 0 radical (unpaired) electrons. The zero-order valence-corrected chi connectivity index (χ0v) is 10.1. The molecule has 1 heterocycles. The highest BCUT2D eigenvalue weighted by Crippen LogP contribution is 2.20. The predicted octanol–water partition coefficient (Wildman–Crippen LogP) is 2.71. The van der Waals surface area contributed by atoms with Crippen molar-refractivity contribution in [1.82, 2.24) is 0 Å². The Morgan fingerprint density at radius 2 is 1.65 bits per heavy atom. The van der Waals surface area contributed by atoms with Crippen molar-refractivity contribution in [3.05, 3.63) is 58.8 Å². The van der Waals surface area contributed by atoms with Gasteiger partial charge in [0.05, 0.1) is 12.7 Å². The van der Waals surface area contributed by atoms with E-state index in [2.05, 4.69) is 4.74 Å². The number of furan rings is 1. The number of ketones is 1. The summed E-state index contributed by atoms with van der Waals surface area (Å²) >= 11 is 0. The Hall–Kier alpha value is -2.57. The summed E-state index contributed by atoms with van der Waals surface area (Å²) < 4.78 is 48.5. The van der Waals surface area contributed by atoms with Gasteiger partial charge in [0.25, 0.3) is 0 Å². The van der Waals surface area contributed by atoms with Gasteiger partial charge in [-0.15, -0.1) is 0 Å². The molecule has 0 aliphatic rings. The molecular weight excluding hydrogens is 277 g/mol. The molecule has 1 aromatic heterocycles. The third kappa shape index (κ3) is 2.29. The topological polar surface area (TPSA) is 56.5 Å². The standard InChI is InChI=1S/C13H7F3O4/c1-19-13(18)9-5-4-8(20-9)12(17)6-2-3-7(14)11(16)10(6)15/h2-5H,1H3. The predicted molar refractivity (Wildman–Crippen MR) is 59.8 cm³/mol. The van der Waals surface area contributed by atoms with Gasteiger partial charge in [0, 0.05) is 0 Å². The monoisotopic (exact) mass is 284 g/mol. The fourth-order valence-corrected chi connectivity index (χ4v) is 1.50. The van der Waals surface area contributed by atoms with Crippen molar-refractivity contribution >= 4 is 11.8 Å². The first-order valence-electron chi connectivity index (χ1n) is 5.32. The number of halogens is 3. The maximum absolute atomic E-state index is 13.5. The summed E-state index contributed by atoms with van der Waals surface area (Å²) in [5.74, 6) is -7.28. The van der Waals surface area contributed by atoms with E-state index in [1.807, 2.05) is 0 Å². The molecule has 7 heteroatoms. The molecule has 0 N–H and O–H groups in total. The summed E-state index contributed by atoms with van der Waals surface area (Å²) in [6, 6.07) is 3.67. The molecule has 0 saturated carbocycles. The van der Waals surface area contributed by atoms with E-state index in [4.69, 9.17) is 4.42 Å². The van der Waals surface area contributed by atoms with Crippen molar-refractivity contribution in [2.75, 3.05) is 7.11 Å². The molecule has 0 spiro atoms. The number of hydrogen-bond acceptors (Lipinski definition) is 4. The van der Waals surface area contributed by atoms with Crippen LogP contribution in [-0.4, -0.2) is 18.9 Å². The highest BCUT2D eigenvalue weighted by atomic mass is 19.2. The van der Waals surface area contributed by atoms with Crippen molar-refractivity contribution in [1.29, 1.82) is 0 Å². The maximum atomic E-state index is 13.5. The Kier molecular flexibility index (Phi) is 3.60. The molecule has 2 aromatic rings. The van der Waals surface area contributed by atoms with Crippen LogP contribution in [0.2, 0.25) is 0 Å². The normalized spacial score (nSPS) is 10.4. The lowest BCUT2D eigenvalue weighted by Gasteiger charge is -2.02. The van der Waals surface area contributed by atoms with E-state index < -0.39 is 40.5 Å². The largest absolute Gasteiger partial charge is 0.463 e. The Labute approximate surface area is 110 Å². The van der Waals surface area contributed by atoms with Crippen LogP contribution in [0.1, 0.15) is 26.7 Å². The van der Waals surface area contributed by atoms with Gasteiger partial charge < -0.3 is 9.15 Å². The summed E-state index contributed by atoms with van der Waals surface area (Å²) in [6.07, 6.45) is 0. The van der Waals surface area contributed by atoms with Crippen LogP contribution in [0.5, 0.6) is 0 Å². The number of rotatable bonds is 3. The maximum Gasteiger partial charge on any atom is 0.373 e. The second-order valence-corrected chi connectivity index (χ2v) is 3.71. The molecule has 0 atom stereocenters. The average molecular weight is 284 g/mol. The van der Waals surface area contributed by atoms with Gasteiger partial charge >= 0.3 is 5.97 Å². The van der Waals surface area contributed by atoms with Gasteiger partial charge in [-0.1, -0.05) is 0 Å². The molecule has 0 saturated heterocycles. The fourth-order valence-electron chi connectivity index (χ4n) is 1.50. The molecule has 0 unspecified atom stereocenters. The molecule has 0 amide bonds. The Morgan fingerprint density at radius 1 is 1.00 bits per heavy atom. The lowest BCUT2D eigenvalue weighted by molar-refractivity contribution is 0.0563. The molecule has 20 heavy (non-hydrogen) atoms. The van der Waals surface area contributed by atoms with Gasteiger partial charge in [-0.05, 0) is 24.3 Å². The number of methoxy groups -OCH3 is 1. The van der Waals surface area contributed by atoms with Crippen LogP contribution in [0.25, 0.3) is 0 Å². The lowest BCUT2D eigenvalue weighted by Crippen LogP contribution is -2.06. The number of esters is 1. The van der Waals surface area contributed by atoms with Crippen LogP contribution in [0.15, 0.2) is 28.7 Å². The Bertz CT molecular complexity index is 691. The van der Waals surface area contributed by atoms with E-state index >= 15 is 0 Å². The number of carbonyl (C=O) groups excluding carboxylic acids is 2. The molecule has 4 nitrogen and oxygen atoms in total. The second-order valence-electron chi connectivity index (χ2n) is 3.71. The van der Waals surface area contributed by atoms with E-state index in [0.29, 0.717) is 6.07 Å². The zero-order chi connectivity index (χ0) is 14.9. The molecule has 104 valence electrons. The number of benzene rings is 1. The highest BCUT2D eigenvalue weighted by molar-refractivity contribution is 6.07.